The molecule has 0 spiro atoms. The van der Waals surface area contributed by atoms with E-state index in [1.165, 1.54) is 96.0 Å². The van der Waals surface area contributed by atoms with Crippen LogP contribution in [0.15, 0.2) is 182 Å². The van der Waals surface area contributed by atoms with Gasteiger partial charge in [-0.05, 0) is 98.5 Å². The van der Waals surface area contributed by atoms with Crippen LogP contribution in [0.25, 0.3) is 0 Å². The van der Waals surface area contributed by atoms with Gasteiger partial charge >= 0.3 is 0 Å². The van der Waals surface area contributed by atoms with Gasteiger partial charge in [-0.2, -0.15) is 0 Å². The average molecular weight is 784 g/mol. The molecule has 2 saturated carbocycles. The molecular weight excluding hydrogens is 731 g/mol. The minimum atomic E-state index is -2.59. The Balaban J connectivity index is 1.58. The second kappa shape index (κ2) is 17.8. The van der Waals surface area contributed by atoms with Gasteiger partial charge in [-0.3, -0.25) is 4.67 Å². The molecule has 54 heavy (non-hydrogen) atoms. The van der Waals surface area contributed by atoms with E-state index in [1.54, 1.807) is 0 Å². The molecule has 6 aromatic carbocycles. The van der Waals surface area contributed by atoms with Crippen LogP contribution < -0.4 is 31.8 Å². The summed E-state index contributed by atoms with van der Waals surface area (Å²) in [5.41, 5.74) is 0. The zero-order valence-electron chi connectivity index (χ0n) is 31.3. The van der Waals surface area contributed by atoms with E-state index in [0.717, 1.165) is 0 Å². The van der Waals surface area contributed by atoms with Crippen molar-refractivity contribution in [3.8, 4) is 0 Å². The van der Waals surface area contributed by atoms with E-state index >= 15 is 0 Å². The van der Waals surface area contributed by atoms with Crippen molar-refractivity contribution in [3.63, 3.8) is 0 Å². The first-order valence-corrected chi connectivity index (χ1v) is 26.1. The highest BCUT2D eigenvalue weighted by atomic mass is 35.7. The number of halogens is 1. The highest BCUT2D eigenvalue weighted by molar-refractivity contribution is 8.20. The van der Waals surface area contributed by atoms with E-state index < -0.39 is 21.9 Å². The number of nitrogens with zero attached hydrogens (tertiary/aromatic N) is 1. The molecule has 0 saturated heterocycles. The molecule has 1 nitrogen and oxygen atoms in total. The Hall–Kier alpha value is -3.14. The van der Waals surface area contributed by atoms with Crippen molar-refractivity contribution in [2.75, 3.05) is 0 Å². The quantitative estimate of drug-likeness (QED) is 0.112. The van der Waals surface area contributed by atoms with Gasteiger partial charge in [0.2, 0.25) is 5.14 Å². The van der Waals surface area contributed by atoms with E-state index in [9.17, 15) is 0 Å². The summed E-state index contributed by atoms with van der Waals surface area (Å²) in [5, 5.41) is 8.57. The Bertz CT molecular complexity index is 1670. The lowest BCUT2D eigenvalue weighted by atomic mass is 9.91. The first-order valence-electron chi connectivity index (χ1n) is 20.1. The molecule has 2 fully saturated rings. The van der Waals surface area contributed by atoms with Gasteiger partial charge in [0.1, 0.15) is 39.3 Å². The molecule has 2 aliphatic carbocycles. The molecule has 274 valence electrons. The fraction of sp³-hybridized carbons (Fsp3) is 0.265. The smallest absolute Gasteiger partial charge is 0.240 e. The lowest BCUT2D eigenvalue weighted by Crippen LogP contribution is -2.50. The first-order chi connectivity index (χ1) is 26.8. The minimum Gasteiger partial charge on any atom is -0.257 e. The molecule has 0 heterocycles. The number of benzene rings is 6. The maximum atomic E-state index is 8.99. The summed E-state index contributed by atoms with van der Waals surface area (Å²) in [7, 11) is -6.44. The highest BCUT2D eigenvalue weighted by Gasteiger charge is 2.72. The van der Waals surface area contributed by atoms with Gasteiger partial charge in [-0.25, -0.2) is 0 Å². The standard InChI is InChI=1S/C49H53ClNP3/c50-52(51(41-25-9-1-10-26-41)42-27-11-2-12-28-42)49(53(43-29-13-3-14-30-43,44-31-15-4-16-32-44)45-33-17-5-18-34-45)54(46-35-19-6-20-36-46,47-37-21-7-22-38-47)48-39-23-8-24-40-48/h3-8,13-24,29-42,49H,1-2,9-12,25-28H2/q+2. The predicted molar refractivity (Wildman–Crippen MR) is 242 cm³/mol. The Morgan fingerprint density at radius 2 is 0.593 bits per heavy atom. The molecule has 0 N–H and O–H groups in total. The molecular formula is C49H53ClNP3+2. The van der Waals surface area contributed by atoms with Crippen LogP contribution in [0.5, 0.6) is 0 Å². The van der Waals surface area contributed by atoms with Gasteiger partial charge in [0.25, 0.3) is 0 Å². The van der Waals surface area contributed by atoms with Crippen LogP contribution in [0.4, 0.5) is 0 Å². The molecule has 0 aromatic heterocycles. The maximum Gasteiger partial charge on any atom is 0.240 e. The Morgan fingerprint density at radius 3 is 0.815 bits per heavy atom. The average Bonchev–Trinajstić information content (AvgIpc) is 3.27. The number of hydrogen-bond donors (Lipinski definition) is 0. The van der Waals surface area contributed by atoms with E-state index in [2.05, 4.69) is 187 Å². The van der Waals surface area contributed by atoms with Gasteiger partial charge in [0, 0.05) is 12.1 Å². The second-order valence-electron chi connectivity index (χ2n) is 15.1. The van der Waals surface area contributed by atoms with Crippen molar-refractivity contribution in [1.29, 1.82) is 0 Å². The molecule has 8 rings (SSSR count). The zero-order valence-corrected chi connectivity index (χ0v) is 34.7. The van der Waals surface area contributed by atoms with E-state index in [4.69, 9.17) is 11.2 Å². The Morgan fingerprint density at radius 1 is 0.370 bits per heavy atom. The van der Waals surface area contributed by atoms with Crippen molar-refractivity contribution in [2.45, 2.75) is 81.4 Å². The number of rotatable bonds is 12. The van der Waals surface area contributed by atoms with Gasteiger partial charge in [0.15, 0.2) is 14.5 Å². The summed E-state index contributed by atoms with van der Waals surface area (Å²) in [6.07, 6.45) is 12.8. The van der Waals surface area contributed by atoms with Gasteiger partial charge in [-0.15, -0.1) is 0 Å². The summed E-state index contributed by atoms with van der Waals surface area (Å²) in [6, 6.07) is 70.8. The fourth-order valence-corrected chi connectivity index (χ4v) is 31.2. The van der Waals surface area contributed by atoms with Crippen LogP contribution >= 0.6 is 33.2 Å². The summed E-state index contributed by atoms with van der Waals surface area (Å²) >= 11 is 8.99. The Labute approximate surface area is 331 Å². The molecule has 2 aliphatic rings. The normalized spacial score (nSPS) is 16.7. The fourth-order valence-electron chi connectivity index (χ4n) is 9.64. The van der Waals surface area contributed by atoms with Crippen molar-refractivity contribution in [3.05, 3.63) is 182 Å². The van der Waals surface area contributed by atoms with Crippen LogP contribution in [0, 0.1) is 0 Å². The summed E-state index contributed by atoms with van der Waals surface area (Å²) in [5.74, 6) is 0. The predicted octanol–water partition coefficient (Wildman–Crippen LogP) is 11.8. The molecule has 0 radical (unpaired) electrons. The van der Waals surface area contributed by atoms with Crippen molar-refractivity contribution in [1.82, 2.24) is 4.67 Å². The van der Waals surface area contributed by atoms with E-state index in [-0.39, 0.29) is 5.14 Å². The van der Waals surface area contributed by atoms with Crippen molar-refractivity contribution >= 4 is 65.0 Å². The summed E-state index contributed by atoms with van der Waals surface area (Å²) in [6.45, 7) is 0. The van der Waals surface area contributed by atoms with Crippen LogP contribution in [0.3, 0.4) is 0 Å². The molecule has 0 amide bonds. The number of hydrogen-bond acceptors (Lipinski definition) is 1. The van der Waals surface area contributed by atoms with Crippen LogP contribution in [0.1, 0.15) is 64.2 Å². The SMILES string of the molecule is ClP(C([P+](c1ccccc1)(c1ccccc1)c1ccccc1)[P+](c1ccccc1)(c1ccccc1)c1ccccc1)N(C1CCCCC1)C1CCCCC1. The van der Waals surface area contributed by atoms with Gasteiger partial charge < -0.3 is 0 Å². The lowest BCUT2D eigenvalue weighted by Gasteiger charge is -2.49. The molecule has 1 unspecified atom stereocenters. The third-order valence-electron chi connectivity index (χ3n) is 12.0. The Kier molecular flexibility index (Phi) is 12.4. The summed E-state index contributed by atoms with van der Waals surface area (Å²) in [4.78, 5) is 0. The van der Waals surface area contributed by atoms with Crippen LogP contribution in [-0.4, -0.2) is 21.9 Å². The van der Waals surface area contributed by atoms with Gasteiger partial charge in [-0.1, -0.05) is 159 Å². The third-order valence-corrected chi connectivity index (χ3v) is 28.9. The molecule has 0 bridgehead atoms. The maximum absolute atomic E-state index is 8.99. The van der Waals surface area contributed by atoms with Gasteiger partial charge in [0.05, 0.1) is 0 Å². The molecule has 6 aromatic rings. The van der Waals surface area contributed by atoms with Crippen LogP contribution in [-0.2, 0) is 0 Å². The van der Waals surface area contributed by atoms with E-state index in [0.29, 0.717) is 12.1 Å². The summed E-state index contributed by atoms with van der Waals surface area (Å²) < 4.78 is 3.02. The largest absolute Gasteiger partial charge is 0.257 e. The topological polar surface area (TPSA) is 3.24 Å². The molecule has 0 aliphatic heterocycles. The van der Waals surface area contributed by atoms with E-state index in [1.807, 2.05) is 0 Å². The van der Waals surface area contributed by atoms with Crippen molar-refractivity contribution < 1.29 is 0 Å². The van der Waals surface area contributed by atoms with Crippen molar-refractivity contribution in [2.24, 2.45) is 0 Å². The zero-order chi connectivity index (χ0) is 36.6. The highest BCUT2D eigenvalue weighted by Crippen LogP contribution is 2.87. The first kappa shape index (κ1) is 37.8. The molecule has 1 atom stereocenters. The monoisotopic (exact) mass is 783 g/mol. The lowest BCUT2D eigenvalue weighted by molar-refractivity contribution is 0.179. The van der Waals surface area contributed by atoms with Crippen LogP contribution in [0.2, 0.25) is 0 Å². The third kappa shape index (κ3) is 7.18. The minimum absolute atomic E-state index is 0.0740. The second-order valence-corrected chi connectivity index (χ2v) is 25.9. The molecule has 5 heteroatoms.